The van der Waals surface area contributed by atoms with E-state index in [2.05, 4.69) is 31.0 Å². The number of likely N-dealkylation sites (tertiary alicyclic amines) is 1. The van der Waals surface area contributed by atoms with Crippen LogP contribution < -0.4 is 5.32 Å². The van der Waals surface area contributed by atoms with Gasteiger partial charge in [0.1, 0.15) is 0 Å². The summed E-state index contributed by atoms with van der Waals surface area (Å²) in [6.07, 6.45) is 7.04. The normalized spacial score (nSPS) is 35.7. The van der Waals surface area contributed by atoms with Gasteiger partial charge in [-0.2, -0.15) is 0 Å². The summed E-state index contributed by atoms with van der Waals surface area (Å²) >= 11 is 0. The molecule has 2 heterocycles. The van der Waals surface area contributed by atoms with Crippen molar-refractivity contribution in [2.45, 2.75) is 52.9 Å². The Morgan fingerprint density at radius 3 is 2.72 bits per heavy atom. The van der Waals surface area contributed by atoms with Crippen molar-refractivity contribution in [2.75, 3.05) is 32.7 Å². The lowest BCUT2D eigenvalue weighted by Gasteiger charge is -2.38. The highest BCUT2D eigenvalue weighted by Gasteiger charge is 2.30. The fourth-order valence-electron chi connectivity index (χ4n) is 3.80. The van der Waals surface area contributed by atoms with E-state index in [1.165, 1.54) is 64.8 Å². The minimum atomic E-state index is 0.524. The smallest absolute Gasteiger partial charge is 0.00475 e. The van der Waals surface area contributed by atoms with Gasteiger partial charge in [0.15, 0.2) is 0 Å². The number of piperidine rings is 1. The van der Waals surface area contributed by atoms with E-state index in [1.54, 1.807) is 0 Å². The van der Waals surface area contributed by atoms with Crippen LogP contribution in [0.1, 0.15) is 52.9 Å². The second kappa shape index (κ2) is 6.38. The van der Waals surface area contributed by atoms with Gasteiger partial charge in [-0.1, -0.05) is 20.8 Å². The first kappa shape index (κ1) is 14.3. The molecule has 0 saturated carbocycles. The molecule has 0 radical (unpaired) electrons. The van der Waals surface area contributed by atoms with Crippen molar-refractivity contribution in [3.63, 3.8) is 0 Å². The van der Waals surface area contributed by atoms with Crippen LogP contribution in [0.4, 0.5) is 0 Å². The summed E-state index contributed by atoms with van der Waals surface area (Å²) in [5.74, 6) is 1.84. The Morgan fingerprint density at radius 1 is 1.22 bits per heavy atom. The molecule has 0 bridgehead atoms. The molecule has 2 nitrogen and oxygen atoms in total. The van der Waals surface area contributed by atoms with E-state index >= 15 is 0 Å². The maximum Gasteiger partial charge on any atom is 0.00475 e. The Kier molecular flexibility index (Phi) is 5.08. The van der Waals surface area contributed by atoms with Crippen LogP contribution >= 0.6 is 0 Å². The molecule has 2 aliphatic rings. The van der Waals surface area contributed by atoms with Crippen LogP contribution in [-0.2, 0) is 0 Å². The quantitative estimate of drug-likeness (QED) is 0.830. The van der Waals surface area contributed by atoms with E-state index in [1.807, 2.05) is 0 Å². The van der Waals surface area contributed by atoms with Gasteiger partial charge in [-0.15, -0.1) is 0 Å². The van der Waals surface area contributed by atoms with Gasteiger partial charge in [0.05, 0.1) is 0 Å². The van der Waals surface area contributed by atoms with E-state index in [0.717, 1.165) is 11.8 Å². The molecule has 2 saturated heterocycles. The standard InChI is InChI=1S/C16H32N2/c1-14(2)15-6-4-10-18(11-7-15)13-16(3)8-5-9-17-12-16/h14-15,17H,4-13H2,1-3H3. The molecular weight excluding hydrogens is 220 g/mol. The zero-order chi connectivity index (χ0) is 13.0. The lowest BCUT2D eigenvalue weighted by Crippen LogP contribution is -2.46. The van der Waals surface area contributed by atoms with Crippen LogP contribution in [0.25, 0.3) is 0 Å². The Labute approximate surface area is 114 Å². The van der Waals surface area contributed by atoms with Gasteiger partial charge in [0.2, 0.25) is 0 Å². The van der Waals surface area contributed by atoms with Crippen molar-refractivity contribution in [3.05, 3.63) is 0 Å². The van der Waals surface area contributed by atoms with E-state index in [-0.39, 0.29) is 0 Å². The summed E-state index contributed by atoms with van der Waals surface area (Å²) < 4.78 is 0. The monoisotopic (exact) mass is 252 g/mol. The molecule has 2 rings (SSSR count). The summed E-state index contributed by atoms with van der Waals surface area (Å²) in [6, 6.07) is 0. The third-order valence-corrected chi connectivity index (χ3v) is 5.10. The topological polar surface area (TPSA) is 15.3 Å². The summed E-state index contributed by atoms with van der Waals surface area (Å²) in [4.78, 5) is 2.75. The second-order valence-electron chi connectivity index (χ2n) is 7.30. The van der Waals surface area contributed by atoms with Gasteiger partial charge < -0.3 is 10.2 Å². The van der Waals surface area contributed by atoms with E-state index in [9.17, 15) is 0 Å². The van der Waals surface area contributed by atoms with Crippen LogP contribution in [0.5, 0.6) is 0 Å². The third-order valence-electron chi connectivity index (χ3n) is 5.10. The minimum absolute atomic E-state index is 0.524. The highest BCUT2D eigenvalue weighted by atomic mass is 15.1. The zero-order valence-corrected chi connectivity index (χ0v) is 12.7. The van der Waals surface area contributed by atoms with E-state index in [4.69, 9.17) is 0 Å². The van der Waals surface area contributed by atoms with Crippen LogP contribution in [0, 0.1) is 17.3 Å². The summed E-state index contributed by atoms with van der Waals surface area (Å²) in [5.41, 5.74) is 0.524. The summed E-state index contributed by atoms with van der Waals surface area (Å²) in [7, 11) is 0. The summed E-state index contributed by atoms with van der Waals surface area (Å²) in [6.45, 7) is 13.7. The minimum Gasteiger partial charge on any atom is -0.316 e. The van der Waals surface area contributed by atoms with Crippen LogP contribution in [-0.4, -0.2) is 37.6 Å². The molecule has 0 aromatic carbocycles. The average Bonchev–Trinajstić information content (AvgIpc) is 2.55. The molecule has 106 valence electrons. The second-order valence-corrected chi connectivity index (χ2v) is 7.30. The number of hydrogen-bond acceptors (Lipinski definition) is 2. The molecule has 1 N–H and O–H groups in total. The van der Waals surface area contributed by atoms with Gasteiger partial charge in [-0.3, -0.25) is 0 Å². The molecule has 0 aromatic heterocycles. The fraction of sp³-hybridized carbons (Fsp3) is 1.00. The lowest BCUT2D eigenvalue weighted by atomic mass is 9.82. The molecule has 0 amide bonds. The highest BCUT2D eigenvalue weighted by molar-refractivity contribution is 4.85. The SMILES string of the molecule is CC(C)C1CCCN(CC2(C)CCCNC2)CC1. The van der Waals surface area contributed by atoms with Crippen molar-refractivity contribution in [3.8, 4) is 0 Å². The molecule has 2 atom stereocenters. The third kappa shape index (κ3) is 3.96. The molecule has 0 aromatic rings. The molecule has 18 heavy (non-hydrogen) atoms. The predicted molar refractivity (Wildman–Crippen MR) is 78.8 cm³/mol. The number of nitrogens with one attached hydrogen (secondary N) is 1. The maximum absolute atomic E-state index is 3.58. The van der Waals surface area contributed by atoms with Crippen molar-refractivity contribution < 1.29 is 0 Å². The number of hydrogen-bond donors (Lipinski definition) is 1. The van der Waals surface area contributed by atoms with E-state index < -0.39 is 0 Å². The first-order chi connectivity index (χ1) is 8.59. The molecule has 2 fully saturated rings. The molecule has 2 aliphatic heterocycles. The van der Waals surface area contributed by atoms with Gasteiger partial charge in [-0.05, 0) is 69.0 Å². The molecule has 2 unspecified atom stereocenters. The number of nitrogens with zero attached hydrogens (tertiary/aromatic N) is 1. The Morgan fingerprint density at radius 2 is 2.06 bits per heavy atom. The van der Waals surface area contributed by atoms with Crippen molar-refractivity contribution in [2.24, 2.45) is 17.3 Å². The predicted octanol–water partition coefficient (Wildman–Crippen LogP) is 3.13. The van der Waals surface area contributed by atoms with E-state index in [0.29, 0.717) is 5.41 Å². The Balaban J connectivity index is 1.82. The molecule has 0 aliphatic carbocycles. The Hall–Kier alpha value is -0.0800. The van der Waals surface area contributed by atoms with Crippen molar-refractivity contribution in [1.29, 1.82) is 0 Å². The van der Waals surface area contributed by atoms with Gasteiger partial charge in [-0.25, -0.2) is 0 Å². The molecule has 2 heteroatoms. The number of rotatable bonds is 3. The van der Waals surface area contributed by atoms with Crippen LogP contribution in [0.2, 0.25) is 0 Å². The summed E-state index contributed by atoms with van der Waals surface area (Å²) in [5, 5.41) is 3.58. The lowest BCUT2D eigenvalue weighted by molar-refractivity contribution is 0.134. The largest absolute Gasteiger partial charge is 0.316 e. The van der Waals surface area contributed by atoms with Crippen molar-refractivity contribution >= 4 is 0 Å². The van der Waals surface area contributed by atoms with Gasteiger partial charge in [0, 0.05) is 13.1 Å². The Bertz CT molecular complexity index is 243. The zero-order valence-electron chi connectivity index (χ0n) is 12.7. The van der Waals surface area contributed by atoms with Gasteiger partial charge in [0.25, 0.3) is 0 Å². The highest BCUT2D eigenvalue weighted by Crippen LogP contribution is 2.29. The fourth-order valence-corrected chi connectivity index (χ4v) is 3.80. The maximum atomic E-state index is 3.58. The molecule has 0 spiro atoms. The average molecular weight is 252 g/mol. The van der Waals surface area contributed by atoms with Crippen LogP contribution in [0.15, 0.2) is 0 Å². The van der Waals surface area contributed by atoms with Crippen molar-refractivity contribution in [1.82, 2.24) is 10.2 Å². The van der Waals surface area contributed by atoms with Crippen LogP contribution in [0.3, 0.4) is 0 Å². The van der Waals surface area contributed by atoms with Gasteiger partial charge >= 0.3 is 0 Å². The molecular formula is C16H32N2. The first-order valence-corrected chi connectivity index (χ1v) is 8.02. The first-order valence-electron chi connectivity index (χ1n) is 8.02.